The molecule has 2 heteroatoms. The molecule has 0 unspecified atom stereocenters. The molecule has 0 aliphatic carbocycles. The van der Waals surface area contributed by atoms with Gasteiger partial charge in [0.15, 0.2) is 0 Å². The Balaban J connectivity index is 2.12. The van der Waals surface area contributed by atoms with E-state index in [1.165, 1.54) is 22.2 Å². The highest BCUT2D eigenvalue weighted by molar-refractivity contribution is 5.84. The van der Waals surface area contributed by atoms with E-state index in [2.05, 4.69) is 54.0 Å². The first-order valence-electron chi connectivity index (χ1n) is 6.39. The minimum absolute atomic E-state index is 1.04. The summed E-state index contributed by atoms with van der Waals surface area (Å²) in [5.41, 5.74) is 6.42. The van der Waals surface area contributed by atoms with Crippen LogP contribution in [0.5, 0.6) is 0 Å². The predicted molar refractivity (Wildman–Crippen MR) is 73.6 cm³/mol. The molecular formula is C16H14N2. The van der Waals surface area contributed by atoms with Crippen molar-refractivity contribution < 1.29 is 0 Å². The second-order valence-electron chi connectivity index (χ2n) is 4.94. The van der Waals surface area contributed by atoms with Gasteiger partial charge in [0.1, 0.15) is 5.82 Å². The standard InChI is InChI=1S/C16H14N2/c1-11-5-4-8-14-15(11)18-10-9-12-6-2-3-7-13(12)16(18)17-14/h2-8H,9-10H2,1H3. The maximum atomic E-state index is 4.82. The number of hydrogen-bond acceptors (Lipinski definition) is 1. The number of aryl methyl sites for hydroxylation is 3. The Hall–Kier alpha value is -2.09. The van der Waals surface area contributed by atoms with Crippen molar-refractivity contribution >= 4 is 11.0 Å². The average molecular weight is 234 g/mol. The number of imidazole rings is 1. The molecule has 0 radical (unpaired) electrons. The van der Waals surface area contributed by atoms with Crippen molar-refractivity contribution in [2.24, 2.45) is 0 Å². The maximum Gasteiger partial charge on any atom is 0.141 e. The SMILES string of the molecule is Cc1cccc2nc3n(c12)CCc1ccccc1-3. The van der Waals surface area contributed by atoms with Crippen molar-refractivity contribution in [2.45, 2.75) is 19.9 Å². The van der Waals surface area contributed by atoms with Gasteiger partial charge in [0, 0.05) is 12.1 Å². The van der Waals surface area contributed by atoms with Gasteiger partial charge in [0.25, 0.3) is 0 Å². The molecule has 0 atom stereocenters. The minimum atomic E-state index is 1.04. The van der Waals surface area contributed by atoms with Crippen molar-refractivity contribution in [3.8, 4) is 11.4 Å². The Kier molecular flexibility index (Phi) is 1.90. The predicted octanol–water partition coefficient (Wildman–Crippen LogP) is 3.57. The van der Waals surface area contributed by atoms with Gasteiger partial charge in [-0.3, -0.25) is 0 Å². The van der Waals surface area contributed by atoms with E-state index >= 15 is 0 Å². The van der Waals surface area contributed by atoms with E-state index in [1.54, 1.807) is 0 Å². The van der Waals surface area contributed by atoms with E-state index in [9.17, 15) is 0 Å². The van der Waals surface area contributed by atoms with Crippen molar-refractivity contribution in [1.29, 1.82) is 0 Å². The summed E-state index contributed by atoms with van der Waals surface area (Å²) in [7, 11) is 0. The van der Waals surface area contributed by atoms with Crippen LogP contribution in [0.1, 0.15) is 11.1 Å². The first-order valence-corrected chi connectivity index (χ1v) is 6.39. The van der Waals surface area contributed by atoms with Gasteiger partial charge in [-0.25, -0.2) is 4.98 Å². The molecule has 18 heavy (non-hydrogen) atoms. The van der Waals surface area contributed by atoms with Crippen LogP contribution in [0.25, 0.3) is 22.4 Å². The van der Waals surface area contributed by atoms with Crippen LogP contribution in [0.2, 0.25) is 0 Å². The van der Waals surface area contributed by atoms with Gasteiger partial charge in [0.05, 0.1) is 11.0 Å². The van der Waals surface area contributed by atoms with Crippen LogP contribution in [0, 0.1) is 6.92 Å². The lowest BCUT2D eigenvalue weighted by atomic mass is 10.0. The number of nitrogens with zero attached hydrogens (tertiary/aromatic N) is 2. The number of aromatic nitrogens is 2. The number of benzene rings is 2. The Morgan fingerprint density at radius 3 is 2.89 bits per heavy atom. The highest BCUT2D eigenvalue weighted by Gasteiger charge is 2.20. The summed E-state index contributed by atoms with van der Waals surface area (Å²) in [5, 5.41) is 0. The monoisotopic (exact) mass is 234 g/mol. The fraction of sp³-hybridized carbons (Fsp3) is 0.188. The summed E-state index contributed by atoms with van der Waals surface area (Å²) in [6.45, 7) is 3.20. The lowest BCUT2D eigenvalue weighted by Crippen LogP contribution is -2.11. The molecule has 0 amide bonds. The van der Waals surface area contributed by atoms with Gasteiger partial charge >= 0.3 is 0 Å². The number of fused-ring (bicyclic) bond motifs is 5. The minimum Gasteiger partial charge on any atom is -0.323 e. The first kappa shape index (κ1) is 9.89. The fourth-order valence-corrected chi connectivity index (χ4v) is 2.98. The Morgan fingerprint density at radius 2 is 1.94 bits per heavy atom. The molecule has 88 valence electrons. The van der Waals surface area contributed by atoms with Crippen molar-refractivity contribution in [1.82, 2.24) is 9.55 Å². The zero-order valence-electron chi connectivity index (χ0n) is 10.4. The summed E-state index contributed by atoms with van der Waals surface area (Å²) in [6, 6.07) is 15.0. The third kappa shape index (κ3) is 1.20. The average Bonchev–Trinajstić information content (AvgIpc) is 2.79. The highest BCUT2D eigenvalue weighted by atomic mass is 15.1. The van der Waals surface area contributed by atoms with Gasteiger partial charge in [0.2, 0.25) is 0 Å². The normalized spacial score (nSPS) is 13.4. The molecule has 0 saturated heterocycles. The Bertz CT molecular complexity index is 753. The molecule has 2 heterocycles. The summed E-state index contributed by atoms with van der Waals surface area (Å²) in [4.78, 5) is 4.82. The Morgan fingerprint density at radius 1 is 1.06 bits per heavy atom. The molecule has 0 fully saturated rings. The molecule has 1 aliphatic rings. The molecule has 0 bridgehead atoms. The topological polar surface area (TPSA) is 17.8 Å². The summed E-state index contributed by atoms with van der Waals surface area (Å²) < 4.78 is 2.37. The van der Waals surface area contributed by atoms with E-state index in [1.807, 2.05) is 0 Å². The largest absolute Gasteiger partial charge is 0.323 e. The second kappa shape index (κ2) is 3.45. The lowest BCUT2D eigenvalue weighted by molar-refractivity contribution is 0.701. The van der Waals surface area contributed by atoms with Crippen LogP contribution in [0.15, 0.2) is 42.5 Å². The second-order valence-corrected chi connectivity index (χ2v) is 4.94. The molecule has 0 saturated carbocycles. The number of rotatable bonds is 0. The van der Waals surface area contributed by atoms with Crippen LogP contribution in [0.3, 0.4) is 0 Å². The number of para-hydroxylation sites is 1. The van der Waals surface area contributed by atoms with E-state index in [0.29, 0.717) is 0 Å². The van der Waals surface area contributed by atoms with Crippen LogP contribution in [0.4, 0.5) is 0 Å². The van der Waals surface area contributed by atoms with Crippen LogP contribution in [-0.2, 0) is 13.0 Å². The number of hydrogen-bond donors (Lipinski definition) is 0. The molecule has 2 nitrogen and oxygen atoms in total. The van der Waals surface area contributed by atoms with E-state index < -0.39 is 0 Å². The quantitative estimate of drug-likeness (QED) is 0.581. The van der Waals surface area contributed by atoms with E-state index in [0.717, 1.165) is 24.3 Å². The molecule has 0 N–H and O–H groups in total. The molecule has 3 aromatic rings. The smallest absolute Gasteiger partial charge is 0.141 e. The molecule has 1 aromatic heterocycles. The zero-order chi connectivity index (χ0) is 12.1. The third-order valence-electron chi connectivity index (χ3n) is 3.83. The summed E-state index contributed by atoms with van der Waals surface area (Å²) >= 11 is 0. The molecule has 4 rings (SSSR count). The van der Waals surface area contributed by atoms with Gasteiger partial charge in [-0.2, -0.15) is 0 Å². The molecule has 0 spiro atoms. The maximum absolute atomic E-state index is 4.82. The molecule has 1 aliphatic heterocycles. The van der Waals surface area contributed by atoms with Gasteiger partial charge in [-0.15, -0.1) is 0 Å². The van der Waals surface area contributed by atoms with Crippen LogP contribution in [-0.4, -0.2) is 9.55 Å². The van der Waals surface area contributed by atoms with Crippen molar-refractivity contribution in [3.63, 3.8) is 0 Å². The van der Waals surface area contributed by atoms with Crippen molar-refractivity contribution in [3.05, 3.63) is 53.6 Å². The van der Waals surface area contributed by atoms with Gasteiger partial charge in [-0.05, 0) is 30.5 Å². The molecule has 2 aromatic carbocycles. The van der Waals surface area contributed by atoms with Crippen molar-refractivity contribution in [2.75, 3.05) is 0 Å². The third-order valence-corrected chi connectivity index (χ3v) is 3.83. The first-order chi connectivity index (χ1) is 8.84. The highest BCUT2D eigenvalue weighted by Crippen LogP contribution is 2.32. The molecular weight excluding hydrogens is 220 g/mol. The van der Waals surface area contributed by atoms with Gasteiger partial charge < -0.3 is 4.57 Å². The zero-order valence-corrected chi connectivity index (χ0v) is 10.4. The van der Waals surface area contributed by atoms with Gasteiger partial charge in [-0.1, -0.05) is 36.4 Å². The fourth-order valence-electron chi connectivity index (χ4n) is 2.98. The van der Waals surface area contributed by atoms with E-state index in [-0.39, 0.29) is 0 Å². The Labute approximate surface area is 106 Å². The van der Waals surface area contributed by atoms with Crippen LogP contribution >= 0.6 is 0 Å². The van der Waals surface area contributed by atoms with Crippen LogP contribution < -0.4 is 0 Å². The summed E-state index contributed by atoms with van der Waals surface area (Å²) in [5.74, 6) is 1.13. The summed E-state index contributed by atoms with van der Waals surface area (Å²) in [6.07, 6.45) is 1.10. The van der Waals surface area contributed by atoms with E-state index in [4.69, 9.17) is 4.98 Å². The lowest BCUT2D eigenvalue weighted by Gasteiger charge is -2.18.